The van der Waals surface area contributed by atoms with Gasteiger partial charge in [0, 0.05) is 5.54 Å². The molecule has 0 aliphatic carbocycles. The molecular weight excluding hydrogens is 158 g/mol. The number of hydrogen-bond acceptors (Lipinski definition) is 1. The summed E-state index contributed by atoms with van der Waals surface area (Å²) in [5.74, 6) is 2.63. The number of nitrogens with one attached hydrogen (secondary N) is 1. The highest BCUT2D eigenvalue weighted by Gasteiger charge is 2.33. The lowest BCUT2D eigenvalue weighted by molar-refractivity contribution is 0.309. The molecule has 1 aliphatic rings. The van der Waals surface area contributed by atoms with Gasteiger partial charge in [0.2, 0.25) is 0 Å². The van der Waals surface area contributed by atoms with Gasteiger partial charge in [-0.2, -0.15) is 0 Å². The van der Waals surface area contributed by atoms with Crippen LogP contribution < -0.4 is 5.32 Å². The number of rotatable bonds is 3. The van der Waals surface area contributed by atoms with Gasteiger partial charge in [0.25, 0.3) is 0 Å². The van der Waals surface area contributed by atoms with Crippen molar-refractivity contribution in [2.75, 3.05) is 6.54 Å². The zero-order valence-electron chi connectivity index (χ0n) is 9.85. The second-order valence-electron chi connectivity index (χ2n) is 5.84. The Balaban J connectivity index is 2.37. The van der Waals surface area contributed by atoms with Gasteiger partial charge in [-0.05, 0) is 51.0 Å². The first-order valence-electron chi connectivity index (χ1n) is 5.66. The van der Waals surface area contributed by atoms with Crippen molar-refractivity contribution in [1.82, 2.24) is 5.32 Å². The van der Waals surface area contributed by atoms with Crippen LogP contribution in [0.3, 0.4) is 0 Å². The van der Waals surface area contributed by atoms with Crippen LogP contribution in [-0.4, -0.2) is 12.1 Å². The fourth-order valence-corrected chi connectivity index (χ4v) is 2.55. The molecule has 13 heavy (non-hydrogen) atoms. The van der Waals surface area contributed by atoms with Gasteiger partial charge in [-0.15, -0.1) is 0 Å². The van der Waals surface area contributed by atoms with E-state index in [2.05, 4.69) is 39.9 Å². The van der Waals surface area contributed by atoms with Gasteiger partial charge in [-0.25, -0.2) is 0 Å². The summed E-state index contributed by atoms with van der Waals surface area (Å²) in [6, 6.07) is 0. The molecule has 78 valence electrons. The molecule has 1 heteroatoms. The quantitative estimate of drug-likeness (QED) is 0.709. The predicted molar refractivity (Wildman–Crippen MR) is 58.8 cm³/mol. The summed E-state index contributed by atoms with van der Waals surface area (Å²) in [4.78, 5) is 0. The third-order valence-electron chi connectivity index (χ3n) is 3.26. The fraction of sp³-hybridized carbons (Fsp3) is 1.00. The van der Waals surface area contributed by atoms with E-state index in [1.165, 1.54) is 19.4 Å². The SMILES string of the molecule is CC(C)CC(C)C1CNC(C)(C)C1. The van der Waals surface area contributed by atoms with Gasteiger partial charge >= 0.3 is 0 Å². The molecular formula is C12H25N. The molecule has 2 unspecified atom stereocenters. The van der Waals surface area contributed by atoms with Gasteiger partial charge in [-0.1, -0.05) is 20.8 Å². The van der Waals surface area contributed by atoms with Crippen LogP contribution in [0.1, 0.15) is 47.5 Å². The Morgan fingerprint density at radius 3 is 2.31 bits per heavy atom. The molecule has 0 aromatic carbocycles. The second kappa shape index (κ2) is 4.00. The maximum Gasteiger partial charge on any atom is 0.0128 e. The molecule has 1 rings (SSSR count). The Morgan fingerprint density at radius 1 is 1.31 bits per heavy atom. The standard InChI is InChI=1S/C12H25N/c1-9(2)6-10(3)11-7-12(4,5)13-8-11/h9-11,13H,6-8H2,1-5H3. The van der Waals surface area contributed by atoms with E-state index in [9.17, 15) is 0 Å². The highest BCUT2D eigenvalue weighted by atomic mass is 15.0. The van der Waals surface area contributed by atoms with E-state index in [4.69, 9.17) is 0 Å². The van der Waals surface area contributed by atoms with E-state index in [-0.39, 0.29) is 0 Å². The molecule has 0 amide bonds. The summed E-state index contributed by atoms with van der Waals surface area (Å²) in [7, 11) is 0. The summed E-state index contributed by atoms with van der Waals surface area (Å²) in [6.07, 6.45) is 2.73. The predicted octanol–water partition coefficient (Wildman–Crippen LogP) is 3.06. The van der Waals surface area contributed by atoms with Crippen molar-refractivity contribution in [3.8, 4) is 0 Å². The topological polar surface area (TPSA) is 12.0 Å². The molecule has 1 saturated heterocycles. The molecule has 0 aromatic rings. The monoisotopic (exact) mass is 183 g/mol. The minimum Gasteiger partial charge on any atom is -0.311 e. The first-order chi connectivity index (χ1) is 5.91. The van der Waals surface area contributed by atoms with Gasteiger partial charge in [-0.3, -0.25) is 0 Å². The molecule has 1 heterocycles. The molecule has 0 saturated carbocycles. The first-order valence-corrected chi connectivity index (χ1v) is 5.66. The van der Waals surface area contributed by atoms with E-state index in [1.807, 2.05) is 0 Å². The molecule has 1 aliphatic heterocycles. The van der Waals surface area contributed by atoms with Crippen molar-refractivity contribution < 1.29 is 0 Å². The average Bonchev–Trinajstić information content (AvgIpc) is 2.28. The van der Waals surface area contributed by atoms with Crippen LogP contribution in [0.5, 0.6) is 0 Å². The van der Waals surface area contributed by atoms with Crippen LogP contribution in [0.2, 0.25) is 0 Å². The Hall–Kier alpha value is -0.0400. The van der Waals surface area contributed by atoms with E-state index < -0.39 is 0 Å². The van der Waals surface area contributed by atoms with Crippen molar-refractivity contribution in [2.45, 2.75) is 53.0 Å². The van der Waals surface area contributed by atoms with Gasteiger partial charge in [0.1, 0.15) is 0 Å². The van der Waals surface area contributed by atoms with Crippen LogP contribution >= 0.6 is 0 Å². The maximum absolute atomic E-state index is 3.60. The first kappa shape index (κ1) is 11.0. The molecule has 0 spiro atoms. The van der Waals surface area contributed by atoms with Crippen LogP contribution in [0.4, 0.5) is 0 Å². The third kappa shape index (κ3) is 3.30. The number of hydrogen-bond donors (Lipinski definition) is 1. The van der Waals surface area contributed by atoms with Crippen molar-refractivity contribution in [2.24, 2.45) is 17.8 Å². The molecule has 1 nitrogen and oxygen atoms in total. The Labute approximate surface area is 83.3 Å². The van der Waals surface area contributed by atoms with Gasteiger partial charge in [0.15, 0.2) is 0 Å². The summed E-state index contributed by atoms with van der Waals surface area (Å²) >= 11 is 0. The maximum atomic E-state index is 3.60. The normalized spacial score (nSPS) is 29.5. The highest BCUT2D eigenvalue weighted by molar-refractivity contribution is 4.91. The fourth-order valence-electron chi connectivity index (χ4n) is 2.55. The van der Waals surface area contributed by atoms with Crippen LogP contribution in [0, 0.1) is 17.8 Å². The Morgan fingerprint density at radius 2 is 1.92 bits per heavy atom. The zero-order chi connectivity index (χ0) is 10.1. The molecule has 0 bridgehead atoms. The minimum atomic E-state index is 0.385. The summed E-state index contributed by atoms with van der Waals surface area (Å²) in [5.41, 5.74) is 0.385. The van der Waals surface area contributed by atoms with E-state index >= 15 is 0 Å². The van der Waals surface area contributed by atoms with Gasteiger partial charge in [0.05, 0.1) is 0 Å². The van der Waals surface area contributed by atoms with Crippen molar-refractivity contribution in [3.63, 3.8) is 0 Å². The average molecular weight is 183 g/mol. The minimum absolute atomic E-state index is 0.385. The third-order valence-corrected chi connectivity index (χ3v) is 3.26. The zero-order valence-corrected chi connectivity index (χ0v) is 9.85. The Bertz CT molecular complexity index is 161. The van der Waals surface area contributed by atoms with Crippen molar-refractivity contribution >= 4 is 0 Å². The highest BCUT2D eigenvalue weighted by Crippen LogP contribution is 2.31. The lowest BCUT2D eigenvalue weighted by Gasteiger charge is -2.22. The van der Waals surface area contributed by atoms with Crippen LogP contribution in [0.15, 0.2) is 0 Å². The smallest absolute Gasteiger partial charge is 0.0128 e. The molecule has 0 radical (unpaired) electrons. The summed E-state index contributed by atoms with van der Waals surface area (Å²) < 4.78 is 0. The molecule has 1 N–H and O–H groups in total. The Kier molecular flexibility index (Phi) is 3.39. The summed E-state index contributed by atoms with van der Waals surface area (Å²) in [5, 5.41) is 3.60. The van der Waals surface area contributed by atoms with E-state index in [0.717, 1.165) is 17.8 Å². The summed E-state index contributed by atoms with van der Waals surface area (Å²) in [6.45, 7) is 12.9. The van der Waals surface area contributed by atoms with E-state index in [0.29, 0.717) is 5.54 Å². The lowest BCUT2D eigenvalue weighted by Crippen LogP contribution is -2.31. The van der Waals surface area contributed by atoms with Crippen molar-refractivity contribution in [1.29, 1.82) is 0 Å². The lowest BCUT2D eigenvalue weighted by atomic mass is 9.83. The second-order valence-corrected chi connectivity index (χ2v) is 5.84. The van der Waals surface area contributed by atoms with E-state index in [1.54, 1.807) is 0 Å². The molecule has 0 aromatic heterocycles. The largest absolute Gasteiger partial charge is 0.311 e. The van der Waals surface area contributed by atoms with Crippen LogP contribution in [-0.2, 0) is 0 Å². The van der Waals surface area contributed by atoms with Gasteiger partial charge < -0.3 is 5.32 Å². The molecule has 1 fully saturated rings. The van der Waals surface area contributed by atoms with Crippen LogP contribution in [0.25, 0.3) is 0 Å². The molecule has 2 atom stereocenters. The van der Waals surface area contributed by atoms with Crippen molar-refractivity contribution in [3.05, 3.63) is 0 Å².